The molecule has 2 atom stereocenters. The Bertz CT molecular complexity index is 220. The molecule has 1 fully saturated rings. The Morgan fingerprint density at radius 3 is 3.00 bits per heavy atom. The summed E-state index contributed by atoms with van der Waals surface area (Å²) < 4.78 is 10.6. The summed E-state index contributed by atoms with van der Waals surface area (Å²) in [6.45, 7) is 1.39. The third-order valence-corrected chi connectivity index (χ3v) is 3.67. The van der Waals surface area contributed by atoms with E-state index in [0.717, 1.165) is 25.9 Å². The molecule has 17 heavy (non-hydrogen) atoms. The molecule has 0 aliphatic carbocycles. The molecule has 1 aliphatic rings. The summed E-state index contributed by atoms with van der Waals surface area (Å²) in [6, 6.07) is 0.0553. The van der Waals surface area contributed by atoms with Gasteiger partial charge in [-0.3, -0.25) is 4.79 Å². The fourth-order valence-electron chi connectivity index (χ4n) is 1.95. The quantitative estimate of drug-likeness (QED) is 0.730. The summed E-state index contributed by atoms with van der Waals surface area (Å²) in [5.74, 6) is 0.0840. The number of carbonyl (C=O) groups excluding carboxylic acids is 1. The first kappa shape index (κ1) is 14.9. The van der Waals surface area contributed by atoms with E-state index in [2.05, 4.69) is 21.2 Å². The van der Waals surface area contributed by atoms with E-state index in [-0.39, 0.29) is 18.1 Å². The van der Waals surface area contributed by atoms with Crippen LogP contribution in [0.1, 0.15) is 32.1 Å². The van der Waals surface area contributed by atoms with Crippen molar-refractivity contribution in [1.29, 1.82) is 0 Å². The lowest BCUT2D eigenvalue weighted by Crippen LogP contribution is -2.39. The molecular weight excluding hydrogens is 286 g/mol. The lowest BCUT2D eigenvalue weighted by atomic mass is 10.0. The van der Waals surface area contributed by atoms with Crippen molar-refractivity contribution in [3.05, 3.63) is 0 Å². The highest BCUT2D eigenvalue weighted by molar-refractivity contribution is 9.09. The molecule has 100 valence electrons. The lowest BCUT2D eigenvalue weighted by molar-refractivity contribution is -0.123. The van der Waals surface area contributed by atoms with Gasteiger partial charge in [-0.2, -0.15) is 0 Å². The first-order valence-electron chi connectivity index (χ1n) is 6.22. The Kier molecular flexibility index (Phi) is 7.81. The minimum atomic E-state index is 0.0553. The van der Waals surface area contributed by atoms with Crippen LogP contribution in [0.25, 0.3) is 0 Å². The van der Waals surface area contributed by atoms with Gasteiger partial charge in [0.25, 0.3) is 0 Å². The summed E-state index contributed by atoms with van der Waals surface area (Å²) in [4.78, 5) is 11.7. The van der Waals surface area contributed by atoms with Gasteiger partial charge in [-0.1, -0.05) is 15.9 Å². The van der Waals surface area contributed by atoms with E-state index in [1.54, 1.807) is 7.11 Å². The van der Waals surface area contributed by atoms with Crippen LogP contribution in [0.15, 0.2) is 0 Å². The predicted molar refractivity (Wildman–Crippen MR) is 70.4 cm³/mol. The molecule has 0 aromatic carbocycles. The first-order valence-corrected chi connectivity index (χ1v) is 7.34. The third-order valence-electron chi connectivity index (χ3n) is 2.89. The molecule has 0 bridgehead atoms. The second-order valence-electron chi connectivity index (χ2n) is 4.40. The maximum absolute atomic E-state index is 11.7. The number of ether oxygens (including phenoxy) is 2. The number of nitrogens with one attached hydrogen (secondary N) is 1. The summed E-state index contributed by atoms with van der Waals surface area (Å²) in [6.07, 6.45) is 5.11. The number of hydrogen-bond donors (Lipinski definition) is 1. The number of amides is 1. The number of carbonyl (C=O) groups is 1. The zero-order chi connectivity index (χ0) is 12.5. The van der Waals surface area contributed by atoms with Crippen molar-refractivity contribution in [3.63, 3.8) is 0 Å². The average Bonchev–Trinajstić information content (AvgIpc) is 2.37. The molecule has 0 aromatic rings. The van der Waals surface area contributed by atoms with Gasteiger partial charge < -0.3 is 14.8 Å². The van der Waals surface area contributed by atoms with Crippen molar-refractivity contribution >= 4 is 21.8 Å². The topological polar surface area (TPSA) is 47.6 Å². The molecular formula is C12H22BrNO3. The van der Waals surface area contributed by atoms with Crippen LogP contribution in [0, 0.1) is 0 Å². The SMILES string of the molecule is COCC(CBr)NC(=O)CCC1CCCCO1. The van der Waals surface area contributed by atoms with Crippen molar-refractivity contribution in [3.8, 4) is 0 Å². The van der Waals surface area contributed by atoms with Gasteiger partial charge in [0.1, 0.15) is 0 Å². The number of alkyl halides is 1. The molecule has 2 unspecified atom stereocenters. The van der Waals surface area contributed by atoms with Crippen molar-refractivity contribution in [2.24, 2.45) is 0 Å². The van der Waals surface area contributed by atoms with E-state index < -0.39 is 0 Å². The molecule has 4 nitrogen and oxygen atoms in total. The van der Waals surface area contributed by atoms with Crippen LogP contribution < -0.4 is 5.32 Å². The zero-order valence-electron chi connectivity index (χ0n) is 10.4. The van der Waals surface area contributed by atoms with E-state index in [1.807, 2.05) is 0 Å². The summed E-state index contributed by atoms with van der Waals surface area (Å²) in [5.41, 5.74) is 0. The van der Waals surface area contributed by atoms with Crippen molar-refractivity contribution in [2.45, 2.75) is 44.2 Å². The molecule has 1 heterocycles. The standard InChI is InChI=1S/C12H22BrNO3/c1-16-9-10(8-13)14-12(15)6-5-11-4-2-3-7-17-11/h10-11H,2-9H2,1H3,(H,14,15). The van der Waals surface area contributed by atoms with Gasteiger partial charge in [0.15, 0.2) is 0 Å². The molecule has 1 rings (SSSR count). The average molecular weight is 308 g/mol. The highest BCUT2D eigenvalue weighted by Gasteiger charge is 2.16. The van der Waals surface area contributed by atoms with Gasteiger partial charge in [-0.15, -0.1) is 0 Å². The molecule has 1 N–H and O–H groups in total. The highest BCUT2D eigenvalue weighted by Crippen LogP contribution is 2.16. The smallest absolute Gasteiger partial charge is 0.220 e. The number of methoxy groups -OCH3 is 1. The van der Waals surface area contributed by atoms with Crippen molar-refractivity contribution in [2.75, 3.05) is 25.7 Å². The third kappa shape index (κ3) is 6.38. The first-order chi connectivity index (χ1) is 8.26. The monoisotopic (exact) mass is 307 g/mol. The minimum absolute atomic E-state index is 0.0553. The van der Waals surface area contributed by atoms with E-state index in [4.69, 9.17) is 9.47 Å². The molecule has 1 amide bonds. The Labute approximate surface area is 112 Å². The normalized spacial score (nSPS) is 22.1. The predicted octanol–water partition coefficient (Wildman–Crippen LogP) is 1.86. The lowest BCUT2D eigenvalue weighted by Gasteiger charge is -2.22. The van der Waals surface area contributed by atoms with Crippen molar-refractivity contribution < 1.29 is 14.3 Å². The van der Waals surface area contributed by atoms with Crippen LogP contribution >= 0.6 is 15.9 Å². The number of rotatable bonds is 7. The Morgan fingerprint density at radius 2 is 2.41 bits per heavy atom. The molecule has 5 heteroatoms. The number of halogens is 1. The van der Waals surface area contributed by atoms with Gasteiger partial charge in [-0.05, 0) is 25.7 Å². The fraction of sp³-hybridized carbons (Fsp3) is 0.917. The van der Waals surface area contributed by atoms with Crippen LogP contribution in [0.3, 0.4) is 0 Å². The number of hydrogen-bond acceptors (Lipinski definition) is 3. The fourth-order valence-corrected chi connectivity index (χ4v) is 2.30. The van der Waals surface area contributed by atoms with Crippen LogP contribution in [0.2, 0.25) is 0 Å². The van der Waals surface area contributed by atoms with Gasteiger partial charge in [0.05, 0.1) is 18.8 Å². The van der Waals surface area contributed by atoms with Crippen LogP contribution in [-0.4, -0.2) is 43.7 Å². The Morgan fingerprint density at radius 1 is 1.59 bits per heavy atom. The Balaban J connectivity index is 2.14. The highest BCUT2D eigenvalue weighted by atomic mass is 79.9. The largest absolute Gasteiger partial charge is 0.383 e. The van der Waals surface area contributed by atoms with Gasteiger partial charge in [0, 0.05) is 25.5 Å². The molecule has 1 saturated heterocycles. The molecule has 0 saturated carbocycles. The maximum Gasteiger partial charge on any atom is 0.220 e. The Hall–Kier alpha value is -0.130. The molecule has 0 aromatic heterocycles. The van der Waals surface area contributed by atoms with Crippen LogP contribution in [0.4, 0.5) is 0 Å². The van der Waals surface area contributed by atoms with Gasteiger partial charge >= 0.3 is 0 Å². The molecule has 0 radical (unpaired) electrons. The van der Waals surface area contributed by atoms with E-state index in [0.29, 0.717) is 18.4 Å². The van der Waals surface area contributed by atoms with E-state index in [1.165, 1.54) is 6.42 Å². The van der Waals surface area contributed by atoms with Gasteiger partial charge in [0.2, 0.25) is 5.91 Å². The van der Waals surface area contributed by atoms with Crippen LogP contribution in [-0.2, 0) is 14.3 Å². The van der Waals surface area contributed by atoms with Crippen molar-refractivity contribution in [1.82, 2.24) is 5.32 Å². The van der Waals surface area contributed by atoms with Crippen LogP contribution in [0.5, 0.6) is 0 Å². The summed E-state index contributed by atoms with van der Waals surface area (Å²) in [5, 5.41) is 3.66. The minimum Gasteiger partial charge on any atom is -0.383 e. The van der Waals surface area contributed by atoms with Gasteiger partial charge in [-0.25, -0.2) is 0 Å². The summed E-state index contributed by atoms with van der Waals surface area (Å²) >= 11 is 3.35. The second kappa shape index (κ2) is 8.89. The van der Waals surface area contributed by atoms with E-state index >= 15 is 0 Å². The molecule has 1 aliphatic heterocycles. The van der Waals surface area contributed by atoms with E-state index in [9.17, 15) is 4.79 Å². The summed E-state index contributed by atoms with van der Waals surface area (Å²) in [7, 11) is 1.64. The zero-order valence-corrected chi connectivity index (χ0v) is 12.0. The molecule has 0 spiro atoms. The second-order valence-corrected chi connectivity index (χ2v) is 5.05. The maximum atomic E-state index is 11.7.